The van der Waals surface area contributed by atoms with Gasteiger partial charge < -0.3 is 15.1 Å². The van der Waals surface area contributed by atoms with Crippen LogP contribution >= 0.6 is 11.6 Å². The van der Waals surface area contributed by atoms with E-state index in [0.29, 0.717) is 10.7 Å². The molecule has 0 atom stereocenters. The standard InChI is InChI=1S/C16H22ClN3O2/c1-11-4-5-12(17)10-14(11)18-15(21)16(22)20(3)13-6-8-19(2)9-7-13/h4-5,10,13H,6-9H2,1-3H3,(H,18,21). The van der Waals surface area contributed by atoms with Gasteiger partial charge in [0, 0.05) is 23.8 Å². The van der Waals surface area contributed by atoms with Crippen LogP contribution in [0.4, 0.5) is 5.69 Å². The third-order valence-electron chi connectivity index (χ3n) is 4.20. The Morgan fingerprint density at radius 2 is 1.95 bits per heavy atom. The minimum Gasteiger partial charge on any atom is -0.334 e. The van der Waals surface area contributed by atoms with Gasteiger partial charge in [0.15, 0.2) is 0 Å². The lowest BCUT2D eigenvalue weighted by atomic mass is 10.0. The molecule has 22 heavy (non-hydrogen) atoms. The molecule has 0 saturated carbocycles. The molecule has 0 aromatic heterocycles. The number of halogens is 1. The van der Waals surface area contributed by atoms with Crippen molar-refractivity contribution in [3.8, 4) is 0 Å². The molecule has 1 heterocycles. The first-order chi connectivity index (χ1) is 10.4. The Hall–Kier alpha value is -1.59. The number of rotatable bonds is 2. The summed E-state index contributed by atoms with van der Waals surface area (Å²) >= 11 is 5.93. The first-order valence-corrected chi connectivity index (χ1v) is 7.79. The third-order valence-corrected chi connectivity index (χ3v) is 4.43. The van der Waals surface area contributed by atoms with Gasteiger partial charge in [-0.1, -0.05) is 17.7 Å². The van der Waals surface area contributed by atoms with Crippen molar-refractivity contribution in [3.05, 3.63) is 28.8 Å². The minimum atomic E-state index is -0.619. The fourth-order valence-electron chi connectivity index (χ4n) is 2.61. The van der Waals surface area contributed by atoms with Crippen LogP contribution in [0.15, 0.2) is 18.2 Å². The Labute approximate surface area is 136 Å². The molecule has 0 unspecified atom stereocenters. The molecule has 120 valence electrons. The smallest absolute Gasteiger partial charge is 0.313 e. The molecule has 1 aliphatic heterocycles. The average Bonchev–Trinajstić information content (AvgIpc) is 2.50. The first kappa shape index (κ1) is 16.8. The van der Waals surface area contributed by atoms with Gasteiger partial charge >= 0.3 is 11.8 Å². The monoisotopic (exact) mass is 323 g/mol. The Morgan fingerprint density at radius 1 is 1.32 bits per heavy atom. The second-order valence-corrected chi connectivity index (χ2v) is 6.30. The third kappa shape index (κ3) is 3.99. The number of likely N-dealkylation sites (N-methyl/N-ethyl adjacent to an activating group) is 1. The highest BCUT2D eigenvalue weighted by atomic mass is 35.5. The van der Waals surface area contributed by atoms with Gasteiger partial charge in [-0.3, -0.25) is 9.59 Å². The maximum Gasteiger partial charge on any atom is 0.313 e. The second-order valence-electron chi connectivity index (χ2n) is 5.86. The molecule has 0 radical (unpaired) electrons. The van der Waals surface area contributed by atoms with Crippen LogP contribution in [0.2, 0.25) is 5.02 Å². The summed E-state index contributed by atoms with van der Waals surface area (Å²) in [5.41, 5.74) is 1.44. The van der Waals surface area contributed by atoms with Crippen molar-refractivity contribution in [2.45, 2.75) is 25.8 Å². The van der Waals surface area contributed by atoms with Gasteiger partial charge in [0.2, 0.25) is 0 Å². The van der Waals surface area contributed by atoms with Crippen LogP contribution in [0.25, 0.3) is 0 Å². The lowest BCUT2D eigenvalue weighted by molar-refractivity contribution is -0.144. The van der Waals surface area contributed by atoms with Gasteiger partial charge in [0.05, 0.1) is 0 Å². The largest absolute Gasteiger partial charge is 0.334 e. The van der Waals surface area contributed by atoms with E-state index in [1.54, 1.807) is 24.1 Å². The minimum absolute atomic E-state index is 0.120. The van der Waals surface area contributed by atoms with Gasteiger partial charge in [-0.2, -0.15) is 0 Å². The Bertz CT molecular complexity index is 569. The lowest BCUT2D eigenvalue weighted by Crippen LogP contribution is -2.47. The number of nitrogens with one attached hydrogen (secondary N) is 1. The highest BCUT2D eigenvalue weighted by molar-refractivity contribution is 6.39. The molecule has 5 nitrogen and oxygen atoms in total. The zero-order valence-electron chi connectivity index (χ0n) is 13.2. The number of likely N-dealkylation sites (tertiary alicyclic amines) is 1. The average molecular weight is 324 g/mol. The SMILES string of the molecule is Cc1ccc(Cl)cc1NC(=O)C(=O)N(C)C1CCN(C)CC1. The summed E-state index contributed by atoms with van der Waals surface area (Å²) in [4.78, 5) is 28.2. The lowest BCUT2D eigenvalue weighted by Gasteiger charge is -2.34. The van der Waals surface area contributed by atoms with Gasteiger partial charge in [0.1, 0.15) is 0 Å². The van der Waals surface area contributed by atoms with Crippen LogP contribution in [0.5, 0.6) is 0 Å². The summed E-state index contributed by atoms with van der Waals surface area (Å²) in [5.74, 6) is -1.12. The van der Waals surface area contributed by atoms with Gasteiger partial charge in [-0.05, 0) is 57.6 Å². The van der Waals surface area contributed by atoms with Gasteiger partial charge in [-0.15, -0.1) is 0 Å². The van der Waals surface area contributed by atoms with E-state index in [9.17, 15) is 9.59 Å². The molecular formula is C16H22ClN3O2. The molecule has 1 aliphatic rings. The van der Waals surface area contributed by atoms with E-state index < -0.39 is 11.8 Å². The fourth-order valence-corrected chi connectivity index (χ4v) is 2.79. The number of amides is 2. The number of hydrogen-bond donors (Lipinski definition) is 1. The summed E-state index contributed by atoms with van der Waals surface area (Å²) in [7, 11) is 3.76. The van der Waals surface area contributed by atoms with Crippen molar-refractivity contribution in [2.24, 2.45) is 0 Å². The Balaban J connectivity index is 1.99. The maximum atomic E-state index is 12.3. The fraction of sp³-hybridized carbons (Fsp3) is 0.500. The van der Waals surface area contributed by atoms with Crippen LogP contribution < -0.4 is 5.32 Å². The van der Waals surface area contributed by atoms with Crippen molar-refractivity contribution >= 4 is 29.1 Å². The molecule has 2 amide bonds. The van der Waals surface area contributed by atoms with Gasteiger partial charge in [0.25, 0.3) is 0 Å². The molecule has 0 spiro atoms. The Morgan fingerprint density at radius 3 is 2.59 bits per heavy atom. The highest BCUT2D eigenvalue weighted by Gasteiger charge is 2.28. The van der Waals surface area contributed by atoms with E-state index >= 15 is 0 Å². The zero-order valence-corrected chi connectivity index (χ0v) is 14.0. The van der Waals surface area contributed by atoms with E-state index in [1.807, 2.05) is 13.0 Å². The van der Waals surface area contributed by atoms with Crippen LogP contribution in [-0.2, 0) is 9.59 Å². The number of nitrogens with zero attached hydrogens (tertiary/aromatic N) is 2. The van der Waals surface area contributed by atoms with Crippen LogP contribution in [0.3, 0.4) is 0 Å². The molecule has 1 N–H and O–H groups in total. The number of piperidine rings is 1. The van der Waals surface area contributed by atoms with Crippen molar-refractivity contribution in [1.29, 1.82) is 0 Å². The summed E-state index contributed by atoms with van der Waals surface area (Å²) in [5, 5.41) is 3.18. The quantitative estimate of drug-likeness (QED) is 0.848. The predicted molar refractivity (Wildman–Crippen MR) is 88.1 cm³/mol. The predicted octanol–water partition coefficient (Wildman–Crippen LogP) is 2.14. The molecule has 1 saturated heterocycles. The second kappa shape index (κ2) is 7.11. The number of benzene rings is 1. The number of carbonyl (C=O) groups is 2. The van der Waals surface area contributed by atoms with Gasteiger partial charge in [-0.25, -0.2) is 0 Å². The summed E-state index contributed by atoms with van der Waals surface area (Å²) in [6, 6.07) is 5.33. The molecule has 1 aromatic rings. The molecule has 2 rings (SSSR count). The van der Waals surface area contributed by atoms with E-state index in [2.05, 4.69) is 17.3 Å². The zero-order chi connectivity index (χ0) is 16.3. The molecular weight excluding hydrogens is 302 g/mol. The molecule has 0 aliphatic carbocycles. The van der Waals surface area contributed by atoms with E-state index in [-0.39, 0.29) is 6.04 Å². The van der Waals surface area contributed by atoms with Crippen LogP contribution in [0.1, 0.15) is 18.4 Å². The number of carbonyl (C=O) groups excluding carboxylic acids is 2. The summed E-state index contributed by atoms with van der Waals surface area (Å²) in [6.07, 6.45) is 1.78. The van der Waals surface area contributed by atoms with E-state index in [0.717, 1.165) is 31.5 Å². The topological polar surface area (TPSA) is 52.7 Å². The van der Waals surface area contributed by atoms with Crippen LogP contribution in [0, 0.1) is 6.92 Å². The highest BCUT2D eigenvalue weighted by Crippen LogP contribution is 2.20. The summed E-state index contributed by atoms with van der Waals surface area (Å²) in [6.45, 7) is 3.74. The number of anilines is 1. The molecule has 1 aromatic carbocycles. The molecule has 0 bridgehead atoms. The molecule has 6 heteroatoms. The maximum absolute atomic E-state index is 12.3. The summed E-state index contributed by atoms with van der Waals surface area (Å²) < 4.78 is 0. The number of hydrogen-bond acceptors (Lipinski definition) is 3. The van der Waals surface area contributed by atoms with Crippen molar-refractivity contribution in [1.82, 2.24) is 9.80 Å². The number of aryl methyl sites for hydroxylation is 1. The Kier molecular flexibility index (Phi) is 5.42. The normalized spacial score (nSPS) is 16.4. The van der Waals surface area contributed by atoms with Crippen molar-refractivity contribution < 1.29 is 9.59 Å². The van der Waals surface area contributed by atoms with Crippen LogP contribution in [-0.4, -0.2) is 54.8 Å². The molecule has 1 fully saturated rings. The van der Waals surface area contributed by atoms with E-state index in [4.69, 9.17) is 11.6 Å². The van der Waals surface area contributed by atoms with Crippen molar-refractivity contribution in [2.75, 3.05) is 32.5 Å². The first-order valence-electron chi connectivity index (χ1n) is 7.41. The van der Waals surface area contributed by atoms with E-state index in [1.165, 1.54) is 0 Å². The van der Waals surface area contributed by atoms with Crippen molar-refractivity contribution in [3.63, 3.8) is 0 Å².